The van der Waals surface area contributed by atoms with Gasteiger partial charge in [0.05, 0.1) is 35.8 Å². The molecule has 1 aromatic heterocycles. The van der Waals surface area contributed by atoms with Crippen molar-refractivity contribution in [2.45, 2.75) is 78.1 Å². The van der Waals surface area contributed by atoms with Crippen molar-refractivity contribution in [2.24, 2.45) is 0 Å². The van der Waals surface area contributed by atoms with E-state index >= 15 is 0 Å². The lowest BCUT2D eigenvalue weighted by Gasteiger charge is -2.22. The van der Waals surface area contributed by atoms with Gasteiger partial charge >= 0.3 is 0 Å². The number of imide groups is 1. The first-order valence-corrected chi connectivity index (χ1v) is 14.3. The number of benzene rings is 2. The van der Waals surface area contributed by atoms with Crippen LogP contribution in [-0.2, 0) is 17.8 Å². The molecule has 8 nitrogen and oxygen atoms in total. The summed E-state index contributed by atoms with van der Waals surface area (Å²) in [6.07, 6.45) is 5.19. The quantitative estimate of drug-likeness (QED) is 0.232. The largest absolute Gasteiger partial charge is 0.491 e. The third kappa shape index (κ3) is 7.69. The van der Waals surface area contributed by atoms with E-state index in [0.29, 0.717) is 35.3 Å². The third-order valence-corrected chi connectivity index (χ3v) is 6.81. The molecule has 1 unspecified atom stereocenters. The van der Waals surface area contributed by atoms with Crippen LogP contribution in [0.2, 0.25) is 0 Å². The average Bonchev–Trinajstić information content (AvgIpc) is 3.44. The Morgan fingerprint density at radius 1 is 0.900 bits per heavy atom. The molecule has 1 aliphatic heterocycles. The van der Waals surface area contributed by atoms with Gasteiger partial charge in [-0.05, 0) is 71.2 Å². The predicted octanol–water partition coefficient (Wildman–Crippen LogP) is 7.01. The first-order chi connectivity index (χ1) is 19.1. The summed E-state index contributed by atoms with van der Waals surface area (Å²) in [6.45, 7) is 11.7. The fraction of sp³-hybridized carbons (Fsp3) is 0.387. The van der Waals surface area contributed by atoms with Crippen LogP contribution >= 0.6 is 11.8 Å². The normalized spacial score (nSPS) is 15.7. The second kappa shape index (κ2) is 13.1. The molecule has 3 aromatic rings. The lowest BCUT2D eigenvalue weighted by atomic mass is 10.1. The van der Waals surface area contributed by atoms with Crippen molar-refractivity contribution in [3.8, 4) is 17.2 Å². The second-order valence-electron chi connectivity index (χ2n) is 10.3. The van der Waals surface area contributed by atoms with Gasteiger partial charge in [-0.1, -0.05) is 42.1 Å². The molecule has 212 valence electrons. The number of aromatic nitrogens is 1. The zero-order valence-electron chi connectivity index (χ0n) is 23.7. The molecule has 40 heavy (non-hydrogen) atoms. The smallest absolute Gasteiger partial charge is 0.289 e. The van der Waals surface area contributed by atoms with Gasteiger partial charge in [0.15, 0.2) is 11.5 Å². The van der Waals surface area contributed by atoms with Crippen molar-refractivity contribution in [1.29, 1.82) is 0 Å². The molecule has 2 heterocycles. The topological polar surface area (TPSA) is 91.1 Å². The molecule has 0 saturated carbocycles. The van der Waals surface area contributed by atoms with Gasteiger partial charge in [-0.2, -0.15) is 0 Å². The molecule has 9 heteroatoms. The van der Waals surface area contributed by atoms with E-state index < -0.39 is 5.25 Å². The van der Waals surface area contributed by atoms with E-state index in [-0.39, 0.29) is 36.0 Å². The van der Waals surface area contributed by atoms with E-state index in [2.05, 4.69) is 4.98 Å². The molecule has 0 bridgehead atoms. The van der Waals surface area contributed by atoms with Gasteiger partial charge in [0.2, 0.25) is 11.8 Å². The highest BCUT2D eigenvalue weighted by atomic mass is 32.2. The zero-order valence-corrected chi connectivity index (χ0v) is 24.6. The van der Waals surface area contributed by atoms with Gasteiger partial charge in [0.25, 0.3) is 5.24 Å². The first kappa shape index (κ1) is 29.3. The fourth-order valence-electron chi connectivity index (χ4n) is 4.13. The fourth-order valence-corrected chi connectivity index (χ4v) is 5.15. The number of carbonyl (C=O) groups is 2. The molecule has 0 N–H and O–H groups in total. The molecule has 2 aromatic carbocycles. The van der Waals surface area contributed by atoms with Crippen LogP contribution in [0, 0.1) is 0 Å². The second-order valence-corrected chi connectivity index (χ2v) is 11.5. The Morgan fingerprint density at radius 3 is 2.17 bits per heavy atom. The molecule has 4 rings (SSSR count). The number of hydrogen-bond acceptors (Lipinski definition) is 8. The zero-order chi connectivity index (χ0) is 28.8. The molecular formula is C31H36N2O6S. The summed E-state index contributed by atoms with van der Waals surface area (Å²) in [4.78, 5) is 31.9. The summed E-state index contributed by atoms with van der Waals surface area (Å²) in [5.41, 5.74) is 2.29. The first-order valence-electron chi connectivity index (χ1n) is 13.5. The number of nitrogens with zero attached hydrogens (tertiary/aromatic N) is 2. The van der Waals surface area contributed by atoms with Gasteiger partial charge < -0.3 is 18.6 Å². The van der Waals surface area contributed by atoms with Crippen molar-refractivity contribution in [3.05, 3.63) is 71.4 Å². The van der Waals surface area contributed by atoms with Crippen molar-refractivity contribution < 1.29 is 28.2 Å². The van der Waals surface area contributed by atoms with Gasteiger partial charge in [-0.15, -0.1) is 0 Å². The van der Waals surface area contributed by atoms with Crippen molar-refractivity contribution >= 4 is 35.1 Å². The van der Waals surface area contributed by atoms with Crippen LogP contribution in [0.5, 0.6) is 17.2 Å². The Kier molecular flexibility index (Phi) is 9.58. The minimum absolute atomic E-state index is 0.0437. The number of oxazole rings is 1. The maximum Gasteiger partial charge on any atom is 0.289 e. The SMILES string of the molecule is CC(C)Oc1cc(OC(C)C)c(OC(C)C)cc1CC1SC(=O)N(Cc2coc(/C=C/c3ccccc3)n2)C1=O. The maximum atomic E-state index is 13.4. The number of thioether (sulfide) groups is 1. The average molecular weight is 565 g/mol. The molecule has 1 atom stereocenters. The van der Waals surface area contributed by atoms with Crippen LogP contribution in [0.25, 0.3) is 12.2 Å². The molecule has 0 radical (unpaired) electrons. The van der Waals surface area contributed by atoms with E-state index in [0.717, 1.165) is 22.9 Å². The number of amides is 2. The van der Waals surface area contributed by atoms with Crippen LogP contribution in [0.1, 0.15) is 64.3 Å². The Hall–Kier alpha value is -3.72. The summed E-state index contributed by atoms with van der Waals surface area (Å²) in [5, 5.41) is -0.917. The summed E-state index contributed by atoms with van der Waals surface area (Å²) >= 11 is 1.01. The van der Waals surface area contributed by atoms with Gasteiger partial charge in [-0.3, -0.25) is 14.5 Å². The molecule has 1 fully saturated rings. The molecule has 1 aliphatic rings. The number of carbonyl (C=O) groups excluding carboxylic acids is 2. The highest BCUT2D eigenvalue weighted by Crippen LogP contribution is 2.40. The maximum absolute atomic E-state index is 13.4. The van der Waals surface area contributed by atoms with E-state index in [1.807, 2.05) is 90.1 Å². The minimum atomic E-state index is -0.602. The van der Waals surface area contributed by atoms with Gasteiger partial charge in [0.1, 0.15) is 12.0 Å². The van der Waals surface area contributed by atoms with Crippen LogP contribution < -0.4 is 14.2 Å². The summed E-state index contributed by atoms with van der Waals surface area (Å²) in [6, 6.07) is 13.5. The lowest BCUT2D eigenvalue weighted by molar-refractivity contribution is -0.127. The van der Waals surface area contributed by atoms with E-state index in [4.69, 9.17) is 18.6 Å². The Morgan fingerprint density at radius 2 is 1.52 bits per heavy atom. The molecule has 0 aliphatic carbocycles. The predicted molar refractivity (Wildman–Crippen MR) is 157 cm³/mol. The van der Waals surface area contributed by atoms with Crippen molar-refractivity contribution in [2.75, 3.05) is 0 Å². The molecule has 0 spiro atoms. The number of hydrogen-bond donors (Lipinski definition) is 0. The summed E-state index contributed by atoms with van der Waals surface area (Å²) in [5.74, 6) is 1.89. The van der Waals surface area contributed by atoms with Gasteiger partial charge in [0, 0.05) is 12.1 Å². The summed E-state index contributed by atoms with van der Waals surface area (Å²) < 4.78 is 23.7. The van der Waals surface area contributed by atoms with Crippen LogP contribution in [-0.4, -0.2) is 44.6 Å². The van der Waals surface area contributed by atoms with E-state index in [9.17, 15) is 9.59 Å². The Balaban J connectivity index is 1.51. The van der Waals surface area contributed by atoms with E-state index in [1.165, 1.54) is 11.2 Å². The number of rotatable bonds is 12. The van der Waals surface area contributed by atoms with Crippen molar-refractivity contribution in [1.82, 2.24) is 9.88 Å². The van der Waals surface area contributed by atoms with Crippen LogP contribution in [0.15, 0.2) is 53.1 Å². The summed E-state index contributed by atoms with van der Waals surface area (Å²) in [7, 11) is 0. The third-order valence-electron chi connectivity index (χ3n) is 5.73. The van der Waals surface area contributed by atoms with E-state index in [1.54, 1.807) is 6.08 Å². The highest BCUT2D eigenvalue weighted by Gasteiger charge is 2.40. The van der Waals surface area contributed by atoms with Crippen LogP contribution in [0.3, 0.4) is 0 Å². The monoisotopic (exact) mass is 564 g/mol. The standard InChI is InChI=1S/C31H36N2O6S/c1-19(2)37-25-16-27(39-21(5)6)26(38-20(3)4)14-23(25)15-28-30(34)33(31(35)40-28)17-24-18-36-29(32-24)13-12-22-10-8-7-9-11-22/h7-14,16,18-21,28H,15,17H2,1-6H3/b13-12+. The highest BCUT2D eigenvalue weighted by molar-refractivity contribution is 8.15. The molecule has 2 amide bonds. The Bertz CT molecular complexity index is 1350. The number of ether oxygens (including phenoxy) is 3. The Labute approximate surface area is 239 Å². The molecule has 1 saturated heterocycles. The minimum Gasteiger partial charge on any atom is -0.491 e. The molecular weight excluding hydrogens is 528 g/mol. The van der Waals surface area contributed by atoms with Crippen LogP contribution in [0.4, 0.5) is 4.79 Å². The van der Waals surface area contributed by atoms with Gasteiger partial charge in [-0.25, -0.2) is 4.98 Å². The van der Waals surface area contributed by atoms with Crippen molar-refractivity contribution in [3.63, 3.8) is 0 Å². The lowest BCUT2D eigenvalue weighted by Crippen LogP contribution is -2.32.